The second-order valence-electron chi connectivity index (χ2n) is 6.30. The van der Waals surface area contributed by atoms with Crippen LogP contribution in [0.5, 0.6) is 5.75 Å². The van der Waals surface area contributed by atoms with Crippen LogP contribution in [0.3, 0.4) is 0 Å². The Hall–Kier alpha value is -4.00. The summed E-state index contributed by atoms with van der Waals surface area (Å²) < 4.78 is 5.70. The van der Waals surface area contributed by atoms with E-state index >= 15 is 0 Å². The maximum Gasteiger partial charge on any atom is 0.271 e. The Balaban J connectivity index is 1.57. The summed E-state index contributed by atoms with van der Waals surface area (Å²) in [6, 6.07) is 15.4. The summed E-state index contributed by atoms with van der Waals surface area (Å²) in [4.78, 5) is 26.6. The van der Waals surface area contributed by atoms with Gasteiger partial charge in [-0.1, -0.05) is 24.3 Å². The minimum absolute atomic E-state index is 0.0725. The van der Waals surface area contributed by atoms with E-state index in [1.165, 1.54) is 18.2 Å². The van der Waals surface area contributed by atoms with Crippen LogP contribution in [0.4, 0.5) is 11.4 Å². The zero-order valence-electron chi connectivity index (χ0n) is 15.7. The van der Waals surface area contributed by atoms with Crippen LogP contribution in [0.1, 0.15) is 16.7 Å². The van der Waals surface area contributed by atoms with E-state index in [0.717, 1.165) is 16.7 Å². The van der Waals surface area contributed by atoms with Gasteiger partial charge in [0.05, 0.1) is 10.6 Å². The summed E-state index contributed by atoms with van der Waals surface area (Å²) in [5.41, 5.74) is 2.88. The predicted octanol–water partition coefficient (Wildman–Crippen LogP) is 4.53. The van der Waals surface area contributed by atoms with Crippen molar-refractivity contribution in [2.45, 2.75) is 13.5 Å². The molecule has 0 saturated heterocycles. The molecule has 1 heterocycles. The third-order valence-electron chi connectivity index (χ3n) is 4.13. The number of carbonyl (C=O) groups is 1. The zero-order chi connectivity index (χ0) is 20.6. The molecule has 1 amide bonds. The van der Waals surface area contributed by atoms with Gasteiger partial charge in [0.15, 0.2) is 0 Å². The quantitative estimate of drug-likeness (QED) is 0.364. The van der Waals surface area contributed by atoms with Crippen LogP contribution >= 0.6 is 0 Å². The molecule has 3 rings (SSSR count). The molecule has 2 aromatic carbocycles. The number of aromatic nitrogens is 1. The number of nitrogens with zero attached hydrogens (tertiary/aromatic N) is 2. The molecule has 0 radical (unpaired) electrons. The minimum Gasteiger partial charge on any atom is -0.489 e. The number of carbonyl (C=O) groups excluding carboxylic acids is 1. The molecule has 146 valence electrons. The van der Waals surface area contributed by atoms with Crippen molar-refractivity contribution < 1.29 is 14.5 Å². The monoisotopic (exact) mass is 389 g/mol. The number of nitro benzene ring substituents is 1. The van der Waals surface area contributed by atoms with Gasteiger partial charge in [-0.05, 0) is 42.3 Å². The number of nitro groups is 1. The fourth-order valence-corrected chi connectivity index (χ4v) is 2.53. The molecular formula is C22H19N3O4. The number of hydrogen-bond donors (Lipinski definition) is 1. The summed E-state index contributed by atoms with van der Waals surface area (Å²) in [7, 11) is 0. The van der Waals surface area contributed by atoms with E-state index in [4.69, 9.17) is 4.74 Å². The van der Waals surface area contributed by atoms with Crippen molar-refractivity contribution in [1.29, 1.82) is 0 Å². The number of ether oxygens (including phenoxy) is 1. The lowest BCUT2D eigenvalue weighted by molar-refractivity contribution is -0.384. The van der Waals surface area contributed by atoms with E-state index in [1.807, 2.05) is 36.4 Å². The predicted molar refractivity (Wildman–Crippen MR) is 111 cm³/mol. The number of aryl methyl sites for hydroxylation is 1. The molecule has 0 bridgehead atoms. The Kier molecular flexibility index (Phi) is 6.32. The number of rotatable bonds is 7. The van der Waals surface area contributed by atoms with Gasteiger partial charge < -0.3 is 10.1 Å². The first kappa shape index (κ1) is 19.8. The van der Waals surface area contributed by atoms with Crippen molar-refractivity contribution in [2.24, 2.45) is 0 Å². The third-order valence-corrected chi connectivity index (χ3v) is 4.13. The van der Waals surface area contributed by atoms with E-state index in [-0.39, 0.29) is 11.6 Å². The molecule has 1 aromatic heterocycles. The van der Waals surface area contributed by atoms with Crippen LogP contribution in [-0.2, 0) is 11.4 Å². The fraction of sp³-hybridized carbons (Fsp3) is 0.0909. The van der Waals surface area contributed by atoms with Crippen molar-refractivity contribution in [2.75, 3.05) is 5.32 Å². The van der Waals surface area contributed by atoms with Crippen LogP contribution in [0.2, 0.25) is 0 Å². The van der Waals surface area contributed by atoms with E-state index in [0.29, 0.717) is 18.0 Å². The second kappa shape index (κ2) is 9.27. The first-order valence-electron chi connectivity index (χ1n) is 8.87. The van der Waals surface area contributed by atoms with Gasteiger partial charge in [0.2, 0.25) is 5.91 Å². The fourth-order valence-electron chi connectivity index (χ4n) is 2.53. The van der Waals surface area contributed by atoms with Gasteiger partial charge in [-0.3, -0.25) is 19.9 Å². The van der Waals surface area contributed by atoms with Crippen LogP contribution < -0.4 is 10.1 Å². The summed E-state index contributed by atoms with van der Waals surface area (Å²) in [6.45, 7) is 2.20. The van der Waals surface area contributed by atoms with Crippen LogP contribution in [0.15, 0.2) is 73.1 Å². The molecular weight excluding hydrogens is 370 g/mol. The molecule has 1 N–H and O–H groups in total. The number of nitrogens with one attached hydrogen (secondary N) is 1. The van der Waals surface area contributed by atoms with Gasteiger partial charge in [0.1, 0.15) is 12.4 Å². The molecule has 0 spiro atoms. The molecule has 0 atom stereocenters. The third kappa shape index (κ3) is 5.74. The molecule has 0 fully saturated rings. The Morgan fingerprint density at radius 3 is 2.69 bits per heavy atom. The van der Waals surface area contributed by atoms with Gasteiger partial charge in [-0.25, -0.2) is 0 Å². The molecule has 0 aliphatic heterocycles. The number of pyridine rings is 1. The summed E-state index contributed by atoms with van der Waals surface area (Å²) >= 11 is 0. The molecule has 0 aliphatic carbocycles. The van der Waals surface area contributed by atoms with Crippen LogP contribution in [0, 0.1) is 17.0 Å². The maximum absolute atomic E-state index is 12.1. The molecule has 29 heavy (non-hydrogen) atoms. The number of anilines is 1. The van der Waals surface area contributed by atoms with Gasteiger partial charge in [-0.2, -0.15) is 0 Å². The van der Waals surface area contributed by atoms with Gasteiger partial charge in [-0.15, -0.1) is 0 Å². The average Bonchev–Trinajstić information content (AvgIpc) is 2.73. The van der Waals surface area contributed by atoms with Crippen molar-refractivity contribution in [3.05, 3.63) is 99.9 Å². The highest BCUT2D eigenvalue weighted by Gasteiger charge is 2.09. The molecule has 0 unspecified atom stereocenters. The first-order chi connectivity index (χ1) is 14.0. The number of benzene rings is 2. The van der Waals surface area contributed by atoms with Gasteiger partial charge >= 0.3 is 0 Å². The van der Waals surface area contributed by atoms with E-state index < -0.39 is 4.92 Å². The molecule has 7 nitrogen and oxygen atoms in total. The Labute approximate surface area is 167 Å². The average molecular weight is 389 g/mol. The number of non-ortho nitro benzene ring substituents is 1. The molecule has 0 saturated carbocycles. The lowest BCUT2D eigenvalue weighted by atomic mass is 10.1. The van der Waals surface area contributed by atoms with Crippen molar-refractivity contribution in [3.8, 4) is 5.75 Å². The number of amides is 1. The van der Waals surface area contributed by atoms with Crippen LogP contribution in [0.25, 0.3) is 6.08 Å². The summed E-state index contributed by atoms with van der Waals surface area (Å²) in [5.74, 6) is 0.341. The normalized spacial score (nSPS) is 10.7. The standard InChI is InChI=1S/C22H19N3O4/c1-16-4-8-19(25(27)28)13-21(16)24-22(26)11-7-17-5-9-20(10-6-17)29-15-18-3-2-12-23-14-18/h2-14H,15H2,1H3,(H,24,26)/b11-7+. The second-order valence-corrected chi connectivity index (χ2v) is 6.30. The topological polar surface area (TPSA) is 94.4 Å². The molecule has 3 aromatic rings. The smallest absolute Gasteiger partial charge is 0.271 e. The van der Waals surface area contributed by atoms with Crippen LogP contribution in [-0.4, -0.2) is 15.8 Å². The summed E-state index contributed by atoms with van der Waals surface area (Å²) in [6.07, 6.45) is 6.50. The SMILES string of the molecule is Cc1ccc([N+](=O)[O-])cc1NC(=O)/C=C/c1ccc(OCc2cccnc2)cc1. The maximum atomic E-state index is 12.1. The van der Waals surface area contributed by atoms with Gasteiger partial charge in [0.25, 0.3) is 5.69 Å². The van der Waals surface area contributed by atoms with E-state index in [1.54, 1.807) is 31.5 Å². The van der Waals surface area contributed by atoms with E-state index in [2.05, 4.69) is 10.3 Å². The summed E-state index contributed by atoms with van der Waals surface area (Å²) in [5, 5.41) is 13.5. The zero-order valence-corrected chi connectivity index (χ0v) is 15.7. The van der Waals surface area contributed by atoms with Gasteiger partial charge in [0, 0.05) is 36.2 Å². The Morgan fingerprint density at radius 2 is 2.00 bits per heavy atom. The highest BCUT2D eigenvalue weighted by atomic mass is 16.6. The first-order valence-corrected chi connectivity index (χ1v) is 8.87. The highest BCUT2D eigenvalue weighted by Crippen LogP contribution is 2.22. The molecule has 0 aliphatic rings. The lowest BCUT2D eigenvalue weighted by Gasteiger charge is -2.07. The number of hydrogen-bond acceptors (Lipinski definition) is 5. The van der Waals surface area contributed by atoms with Crippen molar-refractivity contribution >= 4 is 23.4 Å². The lowest BCUT2D eigenvalue weighted by Crippen LogP contribution is -2.09. The van der Waals surface area contributed by atoms with E-state index in [9.17, 15) is 14.9 Å². The van der Waals surface area contributed by atoms with Crippen molar-refractivity contribution in [1.82, 2.24) is 4.98 Å². The largest absolute Gasteiger partial charge is 0.489 e. The highest BCUT2D eigenvalue weighted by molar-refractivity contribution is 6.02. The molecule has 7 heteroatoms. The van der Waals surface area contributed by atoms with Crippen molar-refractivity contribution in [3.63, 3.8) is 0 Å². The minimum atomic E-state index is -0.497. The Bertz CT molecular complexity index is 1030. The Morgan fingerprint density at radius 1 is 1.21 bits per heavy atom.